The predicted octanol–water partition coefficient (Wildman–Crippen LogP) is 1.14. The fourth-order valence-electron chi connectivity index (χ4n) is 2.38. The minimum Gasteiger partial charge on any atom is -0.392 e. The summed E-state index contributed by atoms with van der Waals surface area (Å²) in [5.74, 6) is 0.190. The van der Waals surface area contributed by atoms with Gasteiger partial charge in [-0.1, -0.05) is 29.8 Å². The van der Waals surface area contributed by atoms with Crippen LogP contribution in [0.15, 0.2) is 0 Å². The highest BCUT2D eigenvalue weighted by molar-refractivity contribution is 9.10. The van der Waals surface area contributed by atoms with Gasteiger partial charge >= 0.3 is 0 Å². The van der Waals surface area contributed by atoms with E-state index in [2.05, 4.69) is 15.9 Å². The lowest BCUT2D eigenvalue weighted by atomic mass is 9.64. The fourth-order valence-corrected chi connectivity index (χ4v) is 2.85. The van der Waals surface area contributed by atoms with Crippen molar-refractivity contribution in [2.75, 3.05) is 6.54 Å². The Balaban J connectivity index is 2.08. The van der Waals surface area contributed by atoms with Crippen LogP contribution in [0.2, 0.25) is 0 Å². The van der Waals surface area contributed by atoms with E-state index in [0.717, 1.165) is 19.4 Å². The molecule has 0 aromatic carbocycles. The lowest BCUT2D eigenvalue weighted by molar-refractivity contribution is -0.149. The number of halogens is 1. The summed E-state index contributed by atoms with van der Waals surface area (Å²) in [7, 11) is 0. The van der Waals surface area contributed by atoms with Crippen molar-refractivity contribution >= 4 is 21.8 Å². The molecule has 0 aromatic heterocycles. The van der Waals surface area contributed by atoms with Gasteiger partial charge in [-0.2, -0.15) is 0 Å². The van der Waals surface area contributed by atoms with Crippen molar-refractivity contribution in [1.82, 2.24) is 4.90 Å². The molecule has 0 aromatic rings. The van der Waals surface area contributed by atoms with Crippen molar-refractivity contribution in [1.29, 1.82) is 0 Å². The Morgan fingerprint density at radius 2 is 2.21 bits per heavy atom. The quantitative estimate of drug-likeness (QED) is 0.720. The smallest absolute Gasteiger partial charge is 0.236 e. The molecular formula is C10H16BrNO2. The first kappa shape index (κ1) is 10.4. The molecule has 2 fully saturated rings. The standard InChI is InChI=1S/C10H16BrNO2/c1-10(2)7(5-8(10)13)12-4-3-6(11)9(12)14/h6-8,13H,3-5H2,1-2H3. The van der Waals surface area contributed by atoms with Gasteiger partial charge in [-0.05, 0) is 12.8 Å². The lowest BCUT2D eigenvalue weighted by Gasteiger charge is -2.53. The maximum absolute atomic E-state index is 11.7. The Hall–Kier alpha value is -0.0900. The number of hydrogen-bond donors (Lipinski definition) is 1. The van der Waals surface area contributed by atoms with Crippen molar-refractivity contribution in [2.45, 2.75) is 43.7 Å². The van der Waals surface area contributed by atoms with Crippen LogP contribution in [0.1, 0.15) is 26.7 Å². The number of aliphatic hydroxyl groups is 1. The summed E-state index contributed by atoms with van der Waals surface area (Å²) in [6.07, 6.45) is 1.37. The fraction of sp³-hybridized carbons (Fsp3) is 0.900. The summed E-state index contributed by atoms with van der Waals surface area (Å²) in [6, 6.07) is 0.229. The molecular weight excluding hydrogens is 246 g/mol. The van der Waals surface area contributed by atoms with Crippen molar-refractivity contribution in [2.24, 2.45) is 5.41 Å². The molecule has 3 nitrogen and oxygen atoms in total. The normalized spacial score (nSPS) is 41.3. The number of hydrogen-bond acceptors (Lipinski definition) is 2. The molecule has 1 amide bonds. The molecule has 4 heteroatoms. The predicted molar refractivity (Wildman–Crippen MR) is 57.2 cm³/mol. The third-order valence-corrected chi connectivity index (χ3v) is 4.56. The molecule has 1 N–H and O–H groups in total. The molecule has 1 saturated carbocycles. The Labute approximate surface area is 92.6 Å². The van der Waals surface area contributed by atoms with Crippen LogP contribution in [0.4, 0.5) is 0 Å². The van der Waals surface area contributed by atoms with Crippen LogP contribution in [0, 0.1) is 5.41 Å². The van der Waals surface area contributed by atoms with Crippen LogP contribution in [0.5, 0.6) is 0 Å². The average molecular weight is 262 g/mol. The van der Waals surface area contributed by atoms with Gasteiger partial charge < -0.3 is 10.0 Å². The monoisotopic (exact) mass is 261 g/mol. The molecule has 2 rings (SSSR count). The second-order valence-corrected chi connectivity index (χ2v) is 5.98. The van der Waals surface area contributed by atoms with E-state index in [9.17, 15) is 9.90 Å². The van der Waals surface area contributed by atoms with Gasteiger partial charge in [0.15, 0.2) is 0 Å². The third kappa shape index (κ3) is 1.31. The van der Waals surface area contributed by atoms with Crippen LogP contribution in [-0.2, 0) is 4.79 Å². The zero-order chi connectivity index (χ0) is 10.5. The molecule has 1 aliphatic carbocycles. The SMILES string of the molecule is CC1(C)C(O)CC1N1CCC(Br)C1=O. The van der Waals surface area contributed by atoms with Crippen molar-refractivity contribution < 1.29 is 9.90 Å². The summed E-state index contributed by atoms with van der Waals surface area (Å²) in [6.45, 7) is 4.89. The Bertz CT molecular complexity index is 267. The molecule has 14 heavy (non-hydrogen) atoms. The molecule has 2 aliphatic rings. The lowest BCUT2D eigenvalue weighted by Crippen LogP contribution is -2.61. The number of nitrogens with zero attached hydrogens (tertiary/aromatic N) is 1. The largest absolute Gasteiger partial charge is 0.392 e. The zero-order valence-corrected chi connectivity index (χ0v) is 10.1. The van der Waals surface area contributed by atoms with Crippen molar-refractivity contribution in [3.05, 3.63) is 0 Å². The summed E-state index contributed by atoms with van der Waals surface area (Å²) in [5.41, 5.74) is -0.132. The first-order valence-corrected chi connectivity index (χ1v) is 5.99. The van der Waals surface area contributed by atoms with E-state index in [1.807, 2.05) is 18.7 Å². The molecule has 1 heterocycles. The number of rotatable bonds is 1. The second-order valence-electron chi connectivity index (χ2n) is 4.88. The van der Waals surface area contributed by atoms with Crippen molar-refractivity contribution in [3.63, 3.8) is 0 Å². The maximum Gasteiger partial charge on any atom is 0.236 e. The van der Waals surface area contributed by atoms with E-state index in [1.165, 1.54) is 0 Å². The Morgan fingerprint density at radius 3 is 2.57 bits per heavy atom. The van der Waals surface area contributed by atoms with E-state index in [0.29, 0.717) is 0 Å². The minimum absolute atomic E-state index is 0.00366. The highest BCUT2D eigenvalue weighted by atomic mass is 79.9. The van der Waals surface area contributed by atoms with E-state index >= 15 is 0 Å². The number of likely N-dealkylation sites (tertiary alicyclic amines) is 1. The van der Waals surface area contributed by atoms with Crippen LogP contribution in [-0.4, -0.2) is 39.4 Å². The molecule has 3 atom stereocenters. The van der Waals surface area contributed by atoms with Gasteiger partial charge in [-0.25, -0.2) is 0 Å². The summed E-state index contributed by atoms with van der Waals surface area (Å²) < 4.78 is 0. The number of aliphatic hydroxyl groups excluding tert-OH is 1. The van der Waals surface area contributed by atoms with Crippen LogP contribution < -0.4 is 0 Å². The molecule has 80 valence electrons. The molecule has 0 radical (unpaired) electrons. The van der Waals surface area contributed by atoms with Crippen molar-refractivity contribution in [3.8, 4) is 0 Å². The third-order valence-electron chi connectivity index (χ3n) is 3.71. The summed E-state index contributed by atoms with van der Waals surface area (Å²) in [5, 5.41) is 9.61. The summed E-state index contributed by atoms with van der Waals surface area (Å²) >= 11 is 3.36. The molecule has 0 spiro atoms. The van der Waals surface area contributed by atoms with Gasteiger partial charge in [0, 0.05) is 18.0 Å². The van der Waals surface area contributed by atoms with E-state index in [-0.39, 0.29) is 28.3 Å². The molecule has 0 bridgehead atoms. The number of amides is 1. The van der Waals surface area contributed by atoms with Crippen LogP contribution in [0.3, 0.4) is 0 Å². The first-order valence-electron chi connectivity index (χ1n) is 5.07. The van der Waals surface area contributed by atoms with Gasteiger partial charge in [0.1, 0.15) is 0 Å². The van der Waals surface area contributed by atoms with Gasteiger partial charge in [-0.15, -0.1) is 0 Å². The highest BCUT2D eigenvalue weighted by Gasteiger charge is 2.53. The van der Waals surface area contributed by atoms with Gasteiger partial charge in [-0.3, -0.25) is 4.79 Å². The Morgan fingerprint density at radius 1 is 1.57 bits per heavy atom. The summed E-state index contributed by atoms with van der Waals surface area (Å²) in [4.78, 5) is 13.7. The van der Waals surface area contributed by atoms with Gasteiger partial charge in [0.25, 0.3) is 0 Å². The number of carbonyl (C=O) groups excluding carboxylic acids is 1. The van der Waals surface area contributed by atoms with E-state index in [4.69, 9.17) is 0 Å². The second kappa shape index (κ2) is 3.20. The molecule has 1 saturated heterocycles. The topological polar surface area (TPSA) is 40.5 Å². The average Bonchev–Trinajstić information content (AvgIpc) is 2.44. The number of alkyl halides is 1. The first-order chi connectivity index (χ1) is 6.44. The van der Waals surface area contributed by atoms with E-state index < -0.39 is 0 Å². The van der Waals surface area contributed by atoms with Gasteiger partial charge in [0.2, 0.25) is 5.91 Å². The van der Waals surface area contributed by atoms with Crippen LogP contribution >= 0.6 is 15.9 Å². The minimum atomic E-state index is -0.255. The number of carbonyl (C=O) groups is 1. The maximum atomic E-state index is 11.7. The molecule has 3 unspecified atom stereocenters. The highest BCUT2D eigenvalue weighted by Crippen LogP contribution is 2.45. The van der Waals surface area contributed by atoms with Gasteiger partial charge in [0.05, 0.1) is 10.9 Å². The van der Waals surface area contributed by atoms with E-state index in [1.54, 1.807) is 0 Å². The molecule has 1 aliphatic heterocycles. The zero-order valence-electron chi connectivity index (χ0n) is 8.53. The Kier molecular flexibility index (Phi) is 2.39. The van der Waals surface area contributed by atoms with Crippen LogP contribution in [0.25, 0.3) is 0 Å².